The summed E-state index contributed by atoms with van der Waals surface area (Å²) in [5.41, 5.74) is 2.37. The normalized spacial score (nSPS) is 16.3. The smallest absolute Gasteiger partial charge is 0.0705 e. The van der Waals surface area contributed by atoms with Gasteiger partial charge in [-0.1, -0.05) is 31.0 Å². The summed E-state index contributed by atoms with van der Waals surface area (Å²) in [6, 6.07) is 11.0. The zero-order chi connectivity index (χ0) is 13.8. The second kappa shape index (κ2) is 6.33. The number of benzene rings is 1. The van der Waals surface area contributed by atoms with Crippen molar-refractivity contribution >= 4 is 10.9 Å². The van der Waals surface area contributed by atoms with Crippen LogP contribution >= 0.6 is 0 Å². The van der Waals surface area contributed by atoms with Gasteiger partial charge in [0.2, 0.25) is 0 Å². The molecular formula is C17H22N2O. The van der Waals surface area contributed by atoms with Crippen LogP contribution in [0.1, 0.15) is 31.2 Å². The van der Waals surface area contributed by atoms with Gasteiger partial charge in [0, 0.05) is 30.7 Å². The predicted octanol–water partition coefficient (Wildman–Crippen LogP) is 2.97. The number of nitrogens with zero attached hydrogens (tertiary/aromatic N) is 2. The Bertz CT molecular complexity index is 558. The molecule has 1 aromatic carbocycles. The monoisotopic (exact) mass is 270 g/mol. The molecule has 3 nitrogen and oxygen atoms in total. The molecule has 1 heterocycles. The van der Waals surface area contributed by atoms with Crippen molar-refractivity contribution in [3.8, 4) is 0 Å². The fourth-order valence-corrected chi connectivity index (χ4v) is 3.30. The van der Waals surface area contributed by atoms with Crippen molar-refractivity contribution in [3.63, 3.8) is 0 Å². The van der Waals surface area contributed by atoms with Crippen molar-refractivity contribution in [1.82, 2.24) is 9.88 Å². The van der Waals surface area contributed by atoms with E-state index in [-0.39, 0.29) is 6.61 Å². The Balaban J connectivity index is 1.86. The predicted molar refractivity (Wildman–Crippen MR) is 81.5 cm³/mol. The number of pyridine rings is 1. The van der Waals surface area contributed by atoms with Crippen LogP contribution in [0.3, 0.4) is 0 Å². The minimum absolute atomic E-state index is 0.236. The first-order chi connectivity index (χ1) is 9.88. The molecule has 2 aromatic rings. The van der Waals surface area contributed by atoms with Crippen LogP contribution in [0.15, 0.2) is 36.5 Å². The molecule has 1 aromatic heterocycles. The number of rotatable bonds is 5. The summed E-state index contributed by atoms with van der Waals surface area (Å²) in [4.78, 5) is 6.86. The van der Waals surface area contributed by atoms with E-state index in [1.54, 1.807) is 0 Å². The third kappa shape index (κ3) is 2.84. The lowest BCUT2D eigenvalue weighted by Gasteiger charge is -2.28. The highest BCUT2D eigenvalue weighted by Gasteiger charge is 2.22. The molecule has 1 aliphatic rings. The largest absolute Gasteiger partial charge is 0.395 e. The number of hydrogen-bond donors (Lipinski definition) is 1. The van der Waals surface area contributed by atoms with Crippen LogP contribution in [-0.4, -0.2) is 34.2 Å². The molecule has 3 rings (SSSR count). The summed E-state index contributed by atoms with van der Waals surface area (Å²) in [5.74, 6) is 0. The lowest BCUT2D eigenvalue weighted by atomic mass is 10.1. The highest BCUT2D eigenvalue weighted by Crippen LogP contribution is 2.26. The number of aliphatic hydroxyl groups is 1. The number of aliphatic hydroxyl groups excluding tert-OH is 1. The summed E-state index contributed by atoms with van der Waals surface area (Å²) < 4.78 is 0. The van der Waals surface area contributed by atoms with Gasteiger partial charge in [0.25, 0.3) is 0 Å². The van der Waals surface area contributed by atoms with Crippen molar-refractivity contribution in [1.29, 1.82) is 0 Å². The summed E-state index contributed by atoms with van der Waals surface area (Å²) in [7, 11) is 0. The third-order valence-electron chi connectivity index (χ3n) is 4.34. The van der Waals surface area contributed by atoms with Crippen molar-refractivity contribution < 1.29 is 5.11 Å². The van der Waals surface area contributed by atoms with E-state index in [9.17, 15) is 5.11 Å². The average Bonchev–Trinajstić information content (AvgIpc) is 3.01. The maximum absolute atomic E-state index is 9.33. The van der Waals surface area contributed by atoms with Crippen LogP contribution in [-0.2, 0) is 6.54 Å². The van der Waals surface area contributed by atoms with Crippen molar-refractivity contribution in [2.75, 3.05) is 13.2 Å². The third-order valence-corrected chi connectivity index (χ3v) is 4.34. The molecule has 0 unspecified atom stereocenters. The fourth-order valence-electron chi connectivity index (χ4n) is 3.30. The van der Waals surface area contributed by atoms with Gasteiger partial charge in [0.05, 0.1) is 12.1 Å². The summed E-state index contributed by atoms with van der Waals surface area (Å²) in [5, 5.41) is 10.6. The van der Waals surface area contributed by atoms with E-state index in [1.165, 1.54) is 36.6 Å². The quantitative estimate of drug-likeness (QED) is 0.907. The molecule has 3 heteroatoms. The average molecular weight is 270 g/mol. The molecule has 0 spiro atoms. The molecule has 106 valence electrons. The van der Waals surface area contributed by atoms with Gasteiger partial charge in [-0.15, -0.1) is 0 Å². The van der Waals surface area contributed by atoms with Crippen molar-refractivity contribution in [3.05, 3.63) is 42.1 Å². The van der Waals surface area contributed by atoms with Crippen LogP contribution in [0.4, 0.5) is 0 Å². The van der Waals surface area contributed by atoms with E-state index in [1.807, 2.05) is 12.3 Å². The van der Waals surface area contributed by atoms with Gasteiger partial charge in [0.15, 0.2) is 0 Å². The minimum Gasteiger partial charge on any atom is -0.395 e. The van der Waals surface area contributed by atoms with Crippen molar-refractivity contribution in [2.24, 2.45) is 0 Å². The fraction of sp³-hybridized carbons (Fsp3) is 0.471. The van der Waals surface area contributed by atoms with E-state index in [0.717, 1.165) is 18.6 Å². The Morgan fingerprint density at radius 2 is 1.95 bits per heavy atom. The summed E-state index contributed by atoms with van der Waals surface area (Å²) in [6.07, 6.45) is 7.07. The van der Waals surface area contributed by atoms with Gasteiger partial charge < -0.3 is 5.11 Å². The van der Waals surface area contributed by atoms with E-state index >= 15 is 0 Å². The highest BCUT2D eigenvalue weighted by molar-refractivity contribution is 5.81. The first-order valence-electron chi connectivity index (χ1n) is 7.56. The molecule has 0 atom stereocenters. The highest BCUT2D eigenvalue weighted by atomic mass is 16.3. The van der Waals surface area contributed by atoms with Gasteiger partial charge in [-0.25, -0.2) is 0 Å². The van der Waals surface area contributed by atoms with E-state index < -0.39 is 0 Å². The zero-order valence-electron chi connectivity index (χ0n) is 11.8. The van der Waals surface area contributed by atoms with Gasteiger partial charge in [-0.3, -0.25) is 9.88 Å². The van der Waals surface area contributed by atoms with Crippen LogP contribution in [0.5, 0.6) is 0 Å². The second-order valence-corrected chi connectivity index (χ2v) is 5.62. The standard InChI is InChI=1S/C17H22N2O/c20-12-11-19(15-5-1-2-6-15)13-14-9-10-18-17-8-4-3-7-16(14)17/h3-4,7-10,15,20H,1-2,5-6,11-13H2. The lowest BCUT2D eigenvalue weighted by Crippen LogP contribution is -2.35. The van der Waals surface area contributed by atoms with Gasteiger partial charge in [-0.05, 0) is 30.5 Å². The molecule has 0 amide bonds. The number of para-hydroxylation sites is 1. The van der Waals surface area contributed by atoms with E-state index in [4.69, 9.17) is 0 Å². The van der Waals surface area contributed by atoms with Gasteiger partial charge in [0.1, 0.15) is 0 Å². The van der Waals surface area contributed by atoms with Crippen LogP contribution in [0.2, 0.25) is 0 Å². The first-order valence-corrected chi connectivity index (χ1v) is 7.56. The summed E-state index contributed by atoms with van der Waals surface area (Å²) in [6.45, 7) is 1.91. The van der Waals surface area contributed by atoms with Crippen LogP contribution in [0.25, 0.3) is 10.9 Å². The topological polar surface area (TPSA) is 36.4 Å². The van der Waals surface area contributed by atoms with Crippen molar-refractivity contribution in [2.45, 2.75) is 38.3 Å². The molecule has 0 saturated heterocycles. The maximum Gasteiger partial charge on any atom is 0.0705 e. The molecule has 1 fully saturated rings. The molecule has 1 saturated carbocycles. The van der Waals surface area contributed by atoms with Gasteiger partial charge >= 0.3 is 0 Å². The molecule has 0 bridgehead atoms. The second-order valence-electron chi connectivity index (χ2n) is 5.62. The molecule has 1 aliphatic carbocycles. The Morgan fingerprint density at radius 1 is 1.15 bits per heavy atom. The molecule has 1 N–H and O–H groups in total. The van der Waals surface area contributed by atoms with Gasteiger partial charge in [-0.2, -0.15) is 0 Å². The first kappa shape index (κ1) is 13.5. The zero-order valence-corrected chi connectivity index (χ0v) is 11.8. The maximum atomic E-state index is 9.33. The number of hydrogen-bond acceptors (Lipinski definition) is 3. The SMILES string of the molecule is OCCN(Cc1ccnc2ccccc12)C1CCCC1. The summed E-state index contributed by atoms with van der Waals surface area (Å²) >= 11 is 0. The molecule has 0 aliphatic heterocycles. The van der Waals surface area contributed by atoms with Crippen LogP contribution in [0, 0.1) is 0 Å². The Kier molecular flexibility index (Phi) is 4.28. The lowest BCUT2D eigenvalue weighted by molar-refractivity contribution is 0.145. The van der Waals surface area contributed by atoms with E-state index in [0.29, 0.717) is 6.04 Å². The number of fused-ring (bicyclic) bond motifs is 1. The molecule has 20 heavy (non-hydrogen) atoms. The van der Waals surface area contributed by atoms with E-state index in [2.05, 4.69) is 34.1 Å². The molecular weight excluding hydrogens is 248 g/mol. The molecule has 0 radical (unpaired) electrons. The minimum atomic E-state index is 0.236. The van der Waals surface area contributed by atoms with Crippen LogP contribution < -0.4 is 0 Å². The Hall–Kier alpha value is -1.45. The Labute approximate surface area is 120 Å². The Morgan fingerprint density at radius 3 is 2.75 bits per heavy atom. The number of aromatic nitrogens is 1.